The van der Waals surface area contributed by atoms with Crippen LogP contribution in [0.1, 0.15) is 19.4 Å². The van der Waals surface area contributed by atoms with Gasteiger partial charge in [0.25, 0.3) is 11.8 Å². The molecule has 2 aromatic carbocycles. The van der Waals surface area contributed by atoms with Gasteiger partial charge in [0.05, 0.1) is 5.69 Å². The first-order chi connectivity index (χ1) is 14.2. The molecule has 0 spiro atoms. The Morgan fingerprint density at radius 2 is 1.77 bits per heavy atom. The number of hydrogen-bond acceptors (Lipinski definition) is 5. The molecule has 1 saturated heterocycles. The van der Waals surface area contributed by atoms with E-state index in [-0.39, 0.29) is 5.69 Å². The number of para-hydroxylation sites is 1. The van der Waals surface area contributed by atoms with Crippen molar-refractivity contribution in [1.82, 2.24) is 10.2 Å². The Kier molecular flexibility index (Phi) is 5.81. The summed E-state index contributed by atoms with van der Waals surface area (Å²) in [5.74, 6) is -2.95. The van der Waals surface area contributed by atoms with Gasteiger partial charge in [-0.1, -0.05) is 42.5 Å². The zero-order valence-corrected chi connectivity index (χ0v) is 16.3. The van der Waals surface area contributed by atoms with E-state index < -0.39 is 47.8 Å². The number of nitrogens with one attached hydrogen (secondary N) is 2. The summed E-state index contributed by atoms with van der Waals surface area (Å²) in [6, 6.07) is 13.4. The van der Waals surface area contributed by atoms with Gasteiger partial charge in [0, 0.05) is 0 Å². The number of halogens is 1. The number of urea groups is 1. The zero-order chi connectivity index (χ0) is 21.9. The minimum atomic E-state index is -1.31. The number of ether oxygens (including phenoxy) is 1. The number of benzene rings is 2. The number of esters is 1. The van der Waals surface area contributed by atoms with Gasteiger partial charge < -0.3 is 15.4 Å². The third-order valence-corrected chi connectivity index (χ3v) is 4.72. The minimum absolute atomic E-state index is 0.0573. The Morgan fingerprint density at radius 1 is 1.13 bits per heavy atom. The van der Waals surface area contributed by atoms with Crippen LogP contribution in [0.3, 0.4) is 0 Å². The van der Waals surface area contributed by atoms with Crippen molar-refractivity contribution in [2.45, 2.75) is 25.5 Å². The second kappa shape index (κ2) is 8.32. The fourth-order valence-corrected chi connectivity index (χ4v) is 3.02. The van der Waals surface area contributed by atoms with E-state index in [9.17, 15) is 23.6 Å². The Morgan fingerprint density at radius 3 is 2.43 bits per heavy atom. The highest BCUT2D eigenvalue weighted by Crippen LogP contribution is 2.28. The normalized spacial score (nSPS) is 19.2. The lowest BCUT2D eigenvalue weighted by atomic mass is 9.92. The minimum Gasteiger partial charge on any atom is -0.451 e. The lowest BCUT2D eigenvalue weighted by Crippen LogP contribution is -2.42. The number of rotatable bonds is 6. The van der Waals surface area contributed by atoms with Crippen LogP contribution in [0.15, 0.2) is 54.6 Å². The van der Waals surface area contributed by atoms with Crippen molar-refractivity contribution in [3.63, 3.8) is 0 Å². The third-order valence-electron chi connectivity index (χ3n) is 4.72. The van der Waals surface area contributed by atoms with E-state index >= 15 is 0 Å². The van der Waals surface area contributed by atoms with Crippen LogP contribution in [0.25, 0.3) is 0 Å². The summed E-state index contributed by atoms with van der Waals surface area (Å²) in [6.45, 7) is 2.18. The molecule has 4 amide bonds. The highest BCUT2D eigenvalue weighted by Gasteiger charge is 2.49. The summed E-state index contributed by atoms with van der Waals surface area (Å²) in [5.41, 5.74) is -0.804. The average molecular weight is 413 g/mol. The summed E-state index contributed by atoms with van der Waals surface area (Å²) in [5, 5.41) is 4.89. The number of carbonyl (C=O) groups is 4. The van der Waals surface area contributed by atoms with Crippen molar-refractivity contribution < 1.29 is 28.3 Å². The Hall–Kier alpha value is -3.75. The first-order valence-electron chi connectivity index (χ1n) is 9.17. The molecule has 8 nitrogen and oxygen atoms in total. The van der Waals surface area contributed by atoms with E-state index in [1.54, 1.807) is 37.3 Å². The topological polar surface area (TPSA) is 105 Å². The maximum atomic E-state index is 13.6. The standard InChI is InChI=1S/C21H20FN3O5/c1-13(18(27)23-16-11-7-6-10-15(16)22)30-17(26)12-25-19(28)21(2,24-20(25)29)14-8-4-3-5-9-14/h3-11,13H,12H2,1-2H3,(H,23,27)(H,24,29)/t13-,21-/m1/s1. The number of hydrogen-bond donors (Lipinski definition) is 2. The third kappa shape index (κ3) is 4.14. The highest BCUT2D eigenvalue weighted by atomic mass is 19.1. The predicted octanol–water partition coefficient (Wildman–Crippen LogP) is 2.16. The van der Waals surface area contributed by atoms with Crippen LogP contribution in [0.5, 0.6) is 0 Å². The van der Waals surface area contributed by atoms with Crippen molar-refractivity contribution in [2.24, 2.45) is 0 Å². The molecular weight excluding hydrogens is 393 g/mol. The molecule has 0 unspecified atom stereocenters. The summed E-state index contributed by atoms with van der Waals surface area (Å²) in [6.07, 6.45) is -1.27. The van der Waals surface area contributed by atoms with E-state index in [2.05, 4.69) is 10.6 Å². The molecule has 3 rings (SSSR count). The zero-order valence-electron chi connectivity index (χ0n) is 16.3. The number of amides is 4. The lowest BCUT2D eigenvalue weighted by molar-refractivity contribution is -0.155. The fourth-order valence-electron chi connectivity index (χ4n) is 3.02. The molecule has 0 saturated carbocycles. The highest BCUT2D eigenvalue weighted by molar-refractivity contribution is 6.09. The number of anilines is 1. The van der Waals surface area contributed by atoms with Gasteiger partial charge in [-0.2, -0.15) is 0 Å². The van der Waals surface area contributed by atoms with Crippen LogP contribution in [-0.2, 0) is 24.7 Å². The second-order valence-corrected chi connectivity index (χ2v) is 6.91. The van der Waals surface area contributed by atoms with Crippen molar-refractivity contribution in [1.29, 1.82) is 0 Å². The molecule has 1 heterocycles. The fraction of sp³-hybridized carbons (Fsp3) is 0.238. The molecule has 0 bridgehead atoms. The monoisotopic (exact) mass is 413 g/mol. The van der Waals surface area contributed by atoms with Gasteiger partial charge in [0.1, 0.15) is 17.9 Å². The molecule has 1 aliphatic rings. The number of carbonyl (C=O) groups excluding carboxylic acids is 4. The lowest BCUT2D eigenvalue weighted by Gasteiger charge is -2.22. The maximum absolute atomic E-state index is 13.6. The molecular formula is C21H20FN3O5. The summed E-state index contributed by atoms with van der Waals surface area (Å²) in [7, 11) is 0. The van der Waals surface area contributed by atoms with E-state index in [1.807, 2.05) is 0 Å². The molecule has 9 heteroatoms. The van der Waals surface area contributed by atoms with Gasteiger partial charge in [-0.3, -0.25) is 19.3 Å². The van der Waals surface area contributed by atoms with Crippen LogP contribution in [0.4, 0.5) is 14.9 Å². The Labute approximate surface area is 172 Å². The van der Waals surface area contributed by atoms with Crippen LogP contribution in [0, 0.1) is 5.82 Å². The van der Waals surface area contributed by atoms with E-state index in [4.69, 9.17) is 4.74 Å². The molecule has 0 radical (unpaired) electrons. The molecule has 1 fully saturated rings. The summed E-state index contributed by atoms with van der Waals surface area (Å²) in [4.78, 5) is 50.2. The van der Waals surface area contributed by atoms with Gasteiger partial charge in [0.2, 0.25) is 0 Å². The SMILES string of the molecule is C[C@@H](OC(=O)CN1C(=O)N[C@](C)(c2ccccc2)C1=O)C(=O)Nc1ccccc1F. The van der Waals surface area contributed by atoms with E-state index in [0.29, 0.717) is 5.56 Å². The molecule has 0 aromatic heterocycles. The van der Waals surface area contributed by atoms with E-state index in [0.717, 1.165) is 4.90 Å². The molecule has 1 aliphatic heterocycles. The van der Waals surface area contributed by atoms with Gasteiger partial charge in [0.15, 0.2) is 6.10 Å². The molecule has 30 heavy (non-hydrogen) atoms. The van der Waals surface area contributed by atoms with Crippen LogP contribution < -0.4 is 10.6 Å². The quantitative estimate of drug-likeness (QED) is 0.558. The Balaban J connectivity index is 1.62. The molecule has 156 valence electrons. The van der Waals surface area contributed by atoms with Crippen molar-refractivity contribution in [2.75, 3.05) is 11.9 Å². The van der Waals surface area contributed by atoms with Gasteiger partial charge >= 0.3 is 12.0 Å². The van der Waals surface area contributed by atoms with Crippen molar-refractivity contribution >= 4 is 29.5 Å². The average Bonchev–Trinajstić information content (AvgIpc) is 2.94. The maximum Gasteiger partial charge on any atom is 0.327 e. The second-order valence-electron chi connectivity index (χ2n) is 6.91. The van der Waals surface area contributed by atoms with Gasteiger partial charge in [-0.25, -0.2) is 9.18 Å². The largest absolute Gasteiger partial charge is 0.451 e. The summed E-state index contributed by atoms with van der Waals surface area (Å²) < 4.78 is 18.6. The van der Waals surface area contributed by atoms with Crippen LogP contribution >= 0.6 is 0 Å². The van der Waals surface area contributed by atoms with Crippen molar-refractivity contribution in [3.8, 4) is 0 Å². The number of imide groups is 1. The van der Waals surface area contributed by atoms with Crippen LogP contribution in [0.2, 0.25) is 0 Å². The number of nitrogens with zero attached hydrogens (tertiary/aromatic N) is 1. The molecule has 2 N–H and O–H groups in total. The predicted molar refractivity (Wildman–Crippen MR) is 105 cm³/mol. The first-order valence-corrected chi connectivity index (χ1v) is 9.17. The molecule has 2 aromatic rings. The van der Waals surface area contributed by atoms with Gasteiger partial charge in [-0.15, -0.1) is 0 Å². The van der Waals surface area contributed by atoms with Gasteiger partial charge in [-0.05, 0) is 31.5 Å². The first kappa shape index (κ1) is 21.0. The van der Waals surface area contributed by atoms with E-state index in [1.165, 1.54) is 31.2 Å². The van der Waals surface area contributed by atoms with Crippen molar-refractivity contribution in [3.05, 3.63) is 66.0 Å². The smallest absolute Gasteiger partial charge is 0.327 e. The molecule has 2 atom stereocenters. The van der Waals surface area contributed by atoms with Crippen LogP contribution in [-0.4, -0.2) is 41.4 Å². The Bertz CT molecular complexity index is 997. The molecule has 0 aliphatic carbocycles. The summed E-state index contributed by atoms with van der Waals surface area (Å²) >= 11 is 0.